The second-order valence-corrected chi connectivity index (χ2v) is 7.44. The van der Waals surface area contributed by atoms with E-state index in [2.05, 4.69) is 54.6 Å². The number of rotatable bonds is 4. The maximum atomic E-state index is 4.81. The first-order valence-electron chi connectivity index (χ1n) is 9.80. The van der Waals surface area contributed by atoms with Gasteiger partial charge in [-0.3, -0.25) is 9.88 Å². The topological polar surface area (TPSA) is 49.6 Å². The summed E-state index contributed by atoms with van der Waals surface area (Å²) in [6, 6.07) is 6.35. The predicted molar refractivity (Wildman–Crippen MR) is 108 cm³/mol. The van der Waals surface area contributed by atoms with Crippen molar-refractivity contribution in [1.82, 2.24) is 24.5 Å². The minimum atomic E-state index is 0.923. The van der Waals surface area contributed by atoms with Crippen LogP contribution in [-0.4, -0.2) is 50.7 Å². The summed E-state index contributed by atoms with van der Waals surface area (Å²) in [5.74, 6) is 1.17. The zero-order valence-corrected chi connectivity index (χ0v) is 16.7. The Morgan fingerprint density at radius 2 is 1.85 bits per heavy atom. The fourth-order valence-corrected chi connectivity index (χ4v) is 3.70. The smallest absolute Gasteiger partial charge is 0.160 e. The molecular weight excluding hydrogens is 336 g/mol. The lowest BCUT2D eigenvalue weighted by molar-refractivity contribution is 0.245. The number of fused-ring (bicyclic) bond motifs is 1. The Morgan fingerprint density at radius 1 is 1.07 bits per heavy atom. The summed E-state index contributed by atoms with van der Waals surface area (Å²) < 4.78 is 2.03. The van der Waals surface area contributed by atoms with E-state index in [1.807, 2.05) is 16.8 Å². The monoisotopic (exact) mass is 364 g/mol. The summed E-state index contributed by atoms with van der Waals surface area (Å²) in [6.07, 6.45) is 2.83. The quantitative estimate of drug-likeness (QED) is 0.712. The van der Waals surface area contributed by atoms with E-state index < -0.39 is 0 Å². The van der Waals surface area contributed by atoms with Crippen LogP contribution in [0.25, 0.3) is 5.65 Å². The lowest BCUT2D eigenvalue weighted by Gasteiger charge is -2.36. The lowest BCUT2D eigenvalue weighted by atomic mass is 10.2. The Balaban J connectivity index is 1.54. The van der Waals surface area contributed by atoms with Gasteiger partial charge in [0.05, 0.1) is 11.4 Å². The molecule has 0 bridgehead atoms. The third-order valence-electron chi connectivity index (χ3n) is 5.64. The van der Waals surface area contributed by atoms with E-state index in [4.69, 9.17) is 10.1 Å². The molecule has 4 heterocycles. The van der Waals surface area contributed by atoms with Crippen LogP contribution in [0.15, 0.2) is 24.4 Å². The third kappa shape index (κ3) is 3.41. The van der Waals surface area contributed by atoms with Crippen molar-refractivity contribution in [2.45, 2.75) is 40.7 Å². The molecule has 0 saturated carbocycles. The molecule has 1 aliphatic rings. The molecule has 1 fully saturated rings. The van der Waals surface area contributed by atoms with Gasteiger partial charge in [0.15, 0.2) is 5.65 Å². The third-order valence-corrected chi connectivity index (χ3v) is 5.64. The highest BCUT2D eigenvalue weighted by atomic mass is 15.4. The van der Waals surface area contributed by atoms with Crippen LogP contribution in [0.3, 0.4) is 0 Å². The molecule has 3 aromatic rings. The van der Waals surface area contributed by atoms with Gasteiger partial charge >= 0.3 is 0 Å². The summed E-state index contributed by atoms with van der Waals surface area (Å²) in [7, 11) is 0. The molecule has 27 heavy (non-hydrogen) atoms. The molecule has 6 heteroatoms. The van der Waals surface area contributed by atoms with Gasteiger partial charge in [-0.25, -0.2) is 4.98 Å². The molecule has 1 aliphatic heterocycles. The van der Waals surface area contributed by atoms with Crippen molar-refractivity contribution in [2.75, 3.05) is 31.1 Å². The number of hydrogen-bond donors (Lipinski definition) is 0. The molecule has 0 unspecified atom stereocenters. The molecule has 0 aliphatic carbocycles. The van der Waals surface area contributed by atoms with Crippen molar-refractivity contribution in [3.05, 3.63) is 52.6 Å². The Kier molecular flexibility index (Phi) is 4.83. The van der Waals surface area contributed by atoms with Crippen molar-refractivity contribution < 1.29 is 0 Å². The van der Waals surface area contributed by atoms with E-state index in [0.717, 1.165) is 56.2 Å². The normalized spacial score (nSPS) is 15.6. The number of piperazine rings is 1. The molecule has 0 radical (unpaired) electrons. The highest BCUT2D eigenvalue weighted by Crippen LogP contribution is 2.23. The summed E-state index contributed by atoms with van der Waals surface area (Å²) in [5.41, 5.74) is 6.81. The summed E-state index contributed by atoms with van der Waals surface area (Å²) in [6.45, 7) is 13.4. The zero-order valence-electron chi connectivity index (χ0n) is 16.7. The van der Waals surface area contributed by atoms with Crippen LogP contribution >= 0.6 is 0 Å². The van der Waals surface area contributed by atoms with Crippen LogP contribution in [0.4, 0.5) is 5.82 Å². The van der Waals surface area contributed by atoms with Gasteiger partial charge in [0.2, 0.25) is 0 Å². The summed E-state index contributed by atoms with van der Waals surface area (Å²) in [5, 5.41) is 4.75. The fraction of sp³-hybridized carbons (Fsp3) is 0.476. The van der Waals surface area contributed by atoms with Crippen LogP contribution in [-0.2, 0) is 13.0 Å². The van der Waals surface area contributed by atoms with E-state index in [1.54, 1.807) is 0 Å². The Bertz CT molecular complexity index is 953. The molecule has 0 spiro atoms. The van der Waals surface area contributed by atoms with Crippen LogP contribution in [0.5, 0.6) is 0 Å². The molecule has 3 aromatic heterocycles. The number of nitrogens with zero attached hydrogens (tertiary/aromatic N) is 6. The average molecular weight is 364 g/mol. The van der Waals surface area contributed by atoms with Gasteiger partial charge < -0.3 is 4.90 Å². The summed E-state index contributed by atoms with van der Waals surface area (Å²) >= 11 is 0. The molecule has 142 valence electrons. The zero-order chi connectivity index (χ0) is 19.0. The largest absolute Gasteiger partial charge is 0.354 e. The number of anilines is 1. The van der Waals surface area contributed by atoms with Crippen molar-refractivity contribution in [3.63, 3.8) is 0 Å². The number of aryl methyl sites for hydroxylation is 4. The first-order chi connectivity index (χ1) is 13.1. The highest BCUT2D eigenvalue weighted by molar-refractivity contribution is 5.57. The van der Waals surface area contributed by atoms with Gasteiger partial charge in [0.1, 0.15) is 5.82 Å². The second kappa shape index (κ2) is 7.27. The maximum absolute atomic E-state index is 4.81. The molecule has 0 atom stereocenters. The molecule has 6 nitrogen and oxygen atoms in total. The van der Waals surface area contributed by atoms with Gasteiger partial charge in [-0.15, -0.1) is 0 Å². The highest BCUT2D eigenvalue weighted by Gasteiger charge is 2.22. The summed E-state index contributed by atoms with van der Waals surface area (Å²) in [4.78, 5) is 14.3. The van der Waals surface area contributed by atoms with E-state index in [0.29, 0.717) is 0 Å². The molecule has 0 N–H and O–H groups in total. The van der Waals surface area contributed by atoms with Gasteiger partial charge in [-0.2, -0.15) is 9.61 Å². The Morgan fingerprint density at radius 3 is 2.56 bits per heavy atom. The fourth-order valence-electron chi connectivity index (χ4n) is 3.70. The molecule has 0 amide bonds. The molecule has 1 saturated heterocycles. The first-order valence-corrected chi connectivity index (χ1v) is 9.80. The van der Waals surface area contributed by atoms with Gasteiger partial charge in [-0.05, 0) is 38.8 Å². The van der Waals surface area contributed by atoms with Crippen LogP contribution in [0, 0.1) is 20.8 Å². The maximum Gasteiger partial charge on any atom is 0.160 e. The molecule has 0 aromatic carbocycles. The van der Waals surface area contributed by atoms with Crippen molar-refractivity contribution in [2.24, 2.45) is 0 Å². The van der Waals surface area contributed by atoms with Crippen LogP contribution in [0.2, 0.25) is 0 Å². The minimum Gasteiger partial charge on any atom is -0.354 e. The van der Waals surface area contributed by atoms with Crippen LogP contribution < -0.4 is 4.90 Å². The minimum absolute atomic E-state index is 0.923. The Hall–Kier alpha value is -2.47. The van der Waals surface area contributed by atoms with Gasteiger partial charge in [-0.1, -0.05) is 13.0 Å². The van der Waals surface area contributed by atoms with E-state index in [1.165, 1.54) is 22.6 Å². The van der Waals surface area contributed by atoms with Crippen molar-refractivity contribution in [1.29, 1.82) is 0 Å². The second-order valence-electron chi connectivity index (χ2n) is 7.44. The van der Waals surface area contributed by atoms with Crippen molar-refractivity contribution in [3.8, 4) is 0 Å². The predicted octanol–water partition coefficient (Wildman–Crippen LogP) is 2.93. The van der Waals surface area contributed by atoms with Gasteiger partial charge in [0, 0.05) is 56.2 Å². The number of hydrogen-bond acceptors (Lipinski definition) is 5. The SMILES string of the molecule is CCc1cc(N2CCN(Cc3ncccc3C)CC2)n2nc(C)c(C)c2n1. The van der Waals surface area contributed by atoms with Gasteiger partial charge in [0.25, 0.3) is 0 Å². The standard InChI is InChI=1S/C21H28N6/c1-5-18-13-20(27-21(23-18)16(3)17(4)24-27)26-11-9-25(10-12-26)14-19-15(2)7-6-8-22-19/h6-8,13H,5,9-12,14H2,1-4H3. The number of aromatic nitrogens is 4. The Labute approximate surface area is 160 Å². The lowest BCUT2D eigenvalue weighted by Crippen LogP contribution is -2.46. The van der Waals surface area contributed by atoms with E-state index in [9.17, 15) is 0 Å². The van der Waals surface area contributed by atoms with E-state index in [-0.39, 0.29) is 0 Å². The van der Waals surface area contributed by atoms with E-state index >= 15 is 0 Å². The average Bonchev–Trinajstić information content (AvgIpc) is 2.98. The van der Waals surface area contributed by atoms with Crippen molar-refractivity contribution >= 4 is 11.5 Å². The molecular formula is C21H28N6. The van der Waals surface area contributed by atoms with Crippen LogP contribution in [0.1, 0.15) is 35.1 Å². The number of pyridine rings is 1. The first kappa shape index (κ1) is 17.9. The molecule has 4 rings (SSSR count).